The van der Waals surface area contributed by atoms with Crippen LogP contribution in [0, 0.1) is 11.3 Å². The van der Waals surface area contributed by atoms with Gasteiger partial charge in [-0.25, -0.2) is 4.98 Å². The molecule has 2 heterocycles. The Morgan fingerprint density at radius 3 is 2.95 bits per heavy atom. The minimum Gasteiger partial charge on any atom is -0.482 e. The number of imidazole rings is 1. The Bertz CT molecular complexity index is 864. The molecule has 4 rings (SSSR count). The lowest BCUT2D eigenvalue weighted by molar-refractivity contribution is 0.224. The molecular formula is C17H13N3O. The molecule has 0 radical (unpaired) electrons. The molecule has 1 aliphatic heterocycles. The van der Waals surface area contributed by atoms with E-state index in [9.17, 15) is 0 Å². The van der Waals surface area contributed by atoms with Gasteiger partial charge in [0.2, 0.25) is 0 Å². The van der Waals surface area contributed by atoms with E-state index in [2.05, 4.69) is 17.1 Å². The normalized spacial score (nSPS) is 16.5. The molecule has 0 saturated heterocycles. The van der Waals surface area contributed by atoms with Crippen LogP contribution in [0.4, 0.5) is 0 Å². The summed E-state index contributed by atoms with van der Waals surface area (Å²) in [7, 11) is 1.99. The summed E-state index contributed by atoms with van der Waals surface area (Å²) in [6.45, 7) is 0. The Hall–Kier alpha value is -2.80. The van der Waals surface area contributed by atoms with Crippen molar-refractivity contribution in [1.82, 2.24) is 9.55 Å². The van der Waals surface area contributed by atoms with Crippen LogP contribution in [0.3, 0.4) is 0 Å². The third-order valence-electron chi connectivity index (χ3n) is 3.98. The zero-order chi connectivity index (χ0) is 14.4. The SMILES string of the molecule is Cn1c(C2Cc3ccccc3O2)nc2cc(C#N)ccc21. The lowest BCUT2D eigenvalue weighted by Gasteiger charge is -2.10. The van der Waals surface area contributed by atoms with Crippen LogP contribution in [-0.4, -0.2) is 9.55 Å². The minimum absolute atomic E-state index is 0.0645. The first kappa shape index (κ1) is 12.0. The predicted octanol–water partition coefficient (Wildman–Crippen LogP) is 3.12. The van der Waals surface area contributed by atoms with E-state index < -0.39 is 0 Å². The van der Waals surface area contributed by atoms with E-state index in [1.807, 2.05) is 48.0 Å². The maximum Gasteiger partial charge on any atom is 0.160 e. The molecule has 0 amide bonds. The Balaban J connectivity index is 1.79. The standard InChI is InChI=1S/C17H13N3O/c1-20-14-7-6-11(10-18)8-13(14)19-17(20)16-9-12-4-2-3-5-15(12)21-16/h2-8,16H,9H2,1H3. The fraction of sp³-hybridized carbons (Fsp3) is 0.176. The number of benzene rings is 2. The Morgan fingerprint density at radius 1 is 1.29 bits per heavy atom. The van der Waals surface area contributed by atoms with Gasteiger partial charge in [0.25, 0.3) is 0 Å². The predicted molar refractivity (Wildman–Crippen MR) is 78.9 cm³/mol. The number of fused-ring (bicyclic) bond motifs is 2. The van der Waals surface area contributed by atoms with E-state index in [4.69, 9.17) is 10.00 Å². The number of hydrogen-bond donors (Lipinski definition) is 0. The highest BCUT2D eigenvalue weighted by Crippen LogP contribution is 2.36. The molecule has 0 bridgehead atoms. The molecule has 1 aliphatic rings. The zero-order valence-electron chi connectivity index (χ0n) is 11.6. The van der Waals surface area contributed by atoms with Crippen LogP contribution < -0.4 is 4.74 Å². The van der Waals surface area contributed by atoms with Gasteiger partial charge in [-0.1, -0.05) is 18.2 Å². The highest BCUT2D eigenvalue weighted by Gasteiger charge is 2.28. The number of aromatic nitrogens is 2. The zero-order valence-corrected chi connectivity index (χ0v) is 11.6. The molecule has 2 aromatic carbocycles. The number of nitriles is 1. The van der Waals surface area contributed by atoms with Crippen molar-refractivity contribution in [1.29, 1.82) is 5.26 Å². The summed E-state index contributed by atoms with van der Waals surface area (Å²) in [6, 6.07) is 15.8. The van der Waals surface area contributed by atoms with Crippen LogP contribution in [0.1, 0.15) is 23.1 Å². The average Bonchev–Trinajstić information content (AvgIpc) is 3.08. The third-order valence-corrected chi connectivity index (χ3v) is 3.98. The highest BCUT2D eigenvalue weighted by atomic mass is 16.5. The largest absolute Gasteiger partial charge is 0.482 e. The van der Waals surface area contributed by atoms with E-state index >= 15 is 0 Å². The smallest absolute Gasteiger partial charge is 0.160 e. The number of ether oxygens (including phenoxy) is 1. The number of nitrogens with zero attached hydrogens (tertiary/aromatic N) is 3. The third kappa shape index (κ3) is 1.78. The molecule has 21 heavy (non-hydrogen) atoms. The van der Waals surface area contributed by atoms with Crippen molar-refractivity contribution in [2.75, 3.05) is 0 Å². The maximum atomic E-state index is 8.99. The monoisotopic (exact) mass is 275 g/mol. The molecule has 0 aliphatic carbocycles. The molecule has 4 heteroatoms. The van der Waals surface area contributed by atoms with Crippen molar-refractivity contribution in [3.8, 4) is 11.8 Å². The van der Waals surface area contributed by atoms with Crippen LogP contribution in [0.25, 0.3) is 11.0 Å². The summed E-state index contributed by atoms with van der Waals surface area (Å²) in [4.78, 5) is 4.67. The molecule has 4 nitrogen and oxygen atoms in total. The van der Waals surface area contributed by atoms with Gasteiger partial charge in [0.05, 0.1) is 22.7 Å². The summed E-state index contributed by atoms with van der Waals surface area (Å²) in [5.41, 5.74) is 3.70. The summed E-state index contributed by atoms with van der Waals surface area (Å²) in [6.07, 6.45) is 0.767. The first-order valence-corrected chi connectivity index (χ1v) is 6.87. The van der Waals surface area contributed by atoms with Gasteiger partial charge in [0.15, 0.2) is 11.9 Å². The number of aryl methyl sites for hydroxylation is 1. The molecule has 3 aromatic rings. The first-order valence-electron chi connectivity index (χ1n) is 6.87. The van der Waals surface area contributed by atoms with Crippen molar-refractivity contribution in [2.24, 2.45) is 7.05 Å². The van der Waals surface area contributed by atoms with Crippen LogP contribution in [0.15, 0.2) is 42.5 Å². The molecule has 1 atom stereocenters. The second-order valence-electron chi connectivity index (χ2n) is 5.26. The van der Waals surface area contributed by atoms with Crippen molar-refractivity contribution in [3.05, 3.63) is 59.4 Å². The molecule has 1 aromatic heterocycles. The Kier molecular flexibility index (Phi) is 2.48. The van der Waals surface area contributed by atoms with E-state index in [1.54, 1.807) is 0 Å². The quantitative estimate of drug-likeness (QED) is 0.685. The highest BCUT2D eigenvalue weighted by molar-refractivity contribution is 5.77. The number of rotatable bonds is 1. The lowest BCUT2D eigenvalue weighted by Crippen LogP contribution is -2.09. The van der Waals surface area contributed by atoms with Crippen LogP contribution in [-0.2, 0) is 13.5 Å². The van der Waals surface area contributed by atoms with E-state index in [-0.39, 0.29) is 6.10 Å². The van der Waals surface area contributed by atoms with Gasteiger partial charge in [-0.05, 0) is 29.8 Å². The number of hydrogen-bond acceptors (Lipinski definition) is 3. The second-order valence-corrected chi connectivity index (χ2v) is 5.26. The molecule has 1 unspecified atom stereocenters. The molecular weight excluding hydrogens is 262 g/mol. The van der Waals surface area contributed by atoms with Gasteiger partial charge in [0.1, 0.15) is 5.75 Å². The van der Waals surface area contributed by atoms with Crippen molar-refractivity contribution < 1.29 is 4.74 Å². The van der Waals surface area contributed by atoms with Crippen LogP contribution >= 0.6 is 0 Å². The summed E-state index contributed by atoms with van der Waals surface area (Å²) in [5, 5.41) is 8.99. The fourth-order valence-corrected chi connectivity index (χ4v) is 2.90. The fourth-order valence-electron chi connectivity index (χ4n) is 2.90. The van der Waals surface area contributed by atoms with Crippen molar-refractivity contribution >= 4 is 11.0 Å². The topological polar surface area (TPSA) is 50.8 Å². The van der Waals surface area contributed by atoms with E-state index in [0.29, 0.717) is 5.56 Å². The molecule has 0 spiro atoms. The van der Waals surface area contributed by atoms with E-state index in [1.165, 1.54) is 5.56 Å². The van der Waals surface area contributed by atoms with Gasteiger partial charge in [0, 0.05) is 13.5 Å². The van der Waals surface area contributed by atoms with Gasteiger partial charge in [-0.3, -0.25) is 0 Å². The summed E-state index contributed by atoms with van der Waals surface area (Å²) < 4.78 is 8.06. The Morgan fingerprint density at radius 2 is 2.14 bits per heavy atom. The van der Waals surface area contributed by atoms with Crippen LogP contribution in [0.5, 0.6) is 5.75 Å². The summed E-state index contributed by atoms with van der Waals surface area (Å²) >= 11 is 0. The van der Waals surface area contributed by atoms with Crippen molar-refractivity contribution in [2.45, 2.75) is 12.5 Å². The van der Waals surface area contributed by atoms with Crippen LogP contribution in [0.2, 0.25) is 0 Å². The van der Waals surface area contributed by atoms with Gasteiger partial charge in [-0.15, -0.1) is 0 Å². The second kappa shape index (κ2) is 4.35. The molecule has 0 N–H and O–H groups in total. The summed E-state index contributed by atoms with van der Waals surface area (Å²) in [5.74, 6) is 1.84. The molecule has 0 saturated carbocycles. The minimum atomic E-state index is -0.0645. The number of para-hydroxylation sites is 1. The van der Waals surface area contributed by atoms with Crippen molar-refractivity contribution in [3.63, 3.8) is 0 Å². The lowest BCUT2D eigenvalue weighted by atomic mass is 10.1. The Labute approximate surface area is 122 Å². The van der Waals surface area contributed by atoms with Gasteiger partial charge in [-0.2, -0.15) is 5.26 Å². The maximum absolute atomic E-state index is 8.99. The first-order chi connectivity index (χ1) is 10.3. The van der Waals surface area contributed by atoms with Gasteiger partial charge < -0.3 is 9.30 Å². The van der Waals surface area contributed by atoms with Gasteiger partial charge >= 0.3 is 0 Å². The average molecular weight is 275 g/mol. The van der Waals surface area contributed by atoms with E-state index in [0.717, 1.165) is 29.0 Å². The molecule has 0 fully saturated rings. The molecule has 102 valence electrons.